The van der Waals surface area contributed by atoms with Gasteiger partial charge in [-0.3, -0.25) is 0 Å². The molecule has 0 radical (unpaired) electrons. The summed E-state index contributed by atoms with van der Waals surface area (Å²) >= 11 is 1.95. The molecule has 0 atom stereocenters. The molecule has 3 heteroatoms. The fraction of sp³-hybridized carbons (Fsp3) is 0.200. The summed E-state index contributed by atoms with van der Waals surface area (Å²) in [6, 6.07) is 47.8. The highest BCUT2D eigenvalue weighted by molar-refractivity contribution is 7.99. The molecule has 1 aliphatic rings. The van der Waals surface area contributed by atoms with Crippen molar-refractivity contribution in [3.8, 4) is 11.1 Å². The second-order valence-corrected chi connectivity index (χ2v) is 20.3. The first-order valence-electron chi connectivity index (χ1n) is 22.7. The summed E-state index contributed by atoms with van der Waals surface area (Å²) in [5, 5.41) is 7.99. The van der Waals surface area contributed by atoms with Crippen molar-refractivity contribution in [2.45, 2.75) is 92.9 Å². The van der Waals surface area contributed by atoms with E-state index in [-0.39, 0.29) is 13.4 Å². The van der Waals surface area contributed by atoms with Crippen LogP contribution < -0.4 is 32.8 Å². The van der Waals surface area contributed by atoms with Gasteiger partial charge in [-0.05, 0) is 133 Å². The van der Waals surface area contributed by atoms with Crippen molar-refractivity contribution in [2.24, 2.45) is 0 Å². The zero-order valence-corrected chi connectivity index (χ0v) is 39.9. The van der Waals surface area contributed by atoms with E-state index in [0.29, 0.717) is 0 Å². The van der Waals surface area contributed by atoms with Gasteiger partial charge in [0.15, 0.2) is 0 Å². The summed E-state index contributed by atoms with van der Waals surface area (Å²) in [6.45, 7) is 27.6. The molecule has 0 fully saturated rings. The molecular weight excluding hydrogens is 774 g/mol. The Morgan fingerprint density at radius 2 is 0.746 bits per heavy atom. The Hall–Kier alpha value is -5.76. The van der Waals surface area contributed by atoms with Crippen molar-refractivity contribution in [3.63, 3.8) is 0 Å². The van der Waals surface area contributed by atoms with E-state index in [0.717, 1.165) is 0 Å². The molecule has 0 saturated carbocycles. The molecule has 0 saturated heterocycles. The molecule has 1 aliphatic heterocycles. The lowest BCUT2D eigenvalue weighted by atomic mass is 9.33. The van der Waals surface area contributed by atoms with Crippen LogP contribution >= 0.6 is 11.8 Å². The first-order chi connectivity index (χ1) is 30.2. The van der Waals surface area contributed by atoms with E-state index in [1.165, 1.54) is 153 Å². The summed E-state index contributed by atoms with van der Waals surface area (Å²) in [6.07, 6.45) is 0. The van der Waals surface area contributed by atoms with Crippen LogP contribution in [0, 0.1) is 83.1 Å². The fourth-order valence-electron chi connectivity index (χ4n) is 12.3. The van der Waals surface area contributed by atoms with Gasteiger partial charge >= 0.3 is 0 Å². The van der Waals surface area contributed by atoms with Crippen LogP contribution in [0.5, 0.6) is 0 Å². The number of aryl methyl sites for hydroxylation is 12. The van der Waals surface area contributed by atoms with Gasteiger partial charge in [-0.1, -0.05) is 220 Å². The van der Waals surface area contributed by atoms with Crippen molar-refractivity contribution < 1.29 is 0 Å². The molecular formula is C60H56B2S. The molecule has 0 aliphatic carbocycles. The Labute approximate surface area is 380 Å². The van der Waals surface area contributed by atoms with E-state index in [2.05, 4.69) is 204 Å². The fourth-order valence-corrected chi connectivity index (χ4v) is 13.4. The molecule has 0 aromatic heterocycles. The first-order valence-corrected chi connectivity index (χ1v) is 23.5. The third-order valence-electron chi connectivity index (χ3n) is 14.3. The van der Waals surface area contributed by atoms with E-state index < -0.39 is 0 Å². The standard InChI is InChI=1S/C60H56B2S/c1-33-22-37(5)57(38(6)23-33)61(58-39(7)24-34(2)25-40(58)8)45-20-21-48-52-31-50-46-16-13-14-17-47(46)53(32-51(50)49-18-15-19-54(56(49)52)63-55(48)30-45)62(59-41(9)26-35(3)27-42(59)10)60-43(11)28-36(4)29-44(60)12/h13-32H,1-12H3. The molecule has 0 unspecified atom stereocenters. The van der Waals surface area contributed by atoms with Crippen molar-refractivity contribution >= 4 is 90.3 Å². The Kier molecular flexibility index (Phi) is 10.1. The van der Waals surface area contributed by atoms with E-state index in [1.54, 1.807) is 0 Å². The van der Waals surface area contributed by atoms with Crippen LogP contribution in [0.3, 0.4) is 0 Å². The topological polar surface area (TPSA) is 0 Å². The third-order valence-corrected chi connectivity index (χ3v) is 15.4. The van der Waals surface area contributed by atoms with Crippen molar-refractivity contribution in [1.29, 1.82) is 0 Å². The molecule has 10 rings (SSSR count). The predicted octanol–water partition coefficient (Wildman–Crippen LogP) is 12.0. The van der Waals surface area contributed by atoms with Crippen LogP contribution in [0.1, 0.15) is 66.8 Å². The summed E-state index contributed by atoms with van der Waals surface area (Å²) < 4.78 is 0. The smallest absolute Gasteiger partial charge is 0.0888 e. The number of benzene rings is 9. The number of hydrogen-bond acceptors (Lipinski definition) is 1. The van der Waals surface area contributed by atoms with E-state index >= 15 is 0 Å². The van der Waals surface area contributed by atoms with E-state index in [1.807, 2.05) is 11.8 Å². The predicted molar refractivity (Wildman–Crippen MR) is 280 cm³/mol. The molecule has 0 nitrogen and oxygen atoms in total. The molecule has 9 aromatic carbocycles. The van der Waals surface area contributed by atoms with Gasteiger partial charge in [0.05, 0.1) is 0 Å². The molecule has 9 aromatic rings. The molecule has 0 amide bonds. The molecule has 0 spiro atoms. The lowest BCUT2D eigenvalue weighted by Crippen LogP contribution is -2.56. The third kappa shape index (κ3) is 6.78. The van der Waals surface area contributed by atoms with Crippen LogP contribution in [0.25, 0.3) is 43.4 Å². The van der Waals surface area contributed by atoms with Crippen molar-refractivity contribution in [3.05, 3.63) is 188 Å². The van der Waals surface area contributed by atoms with Gasteiger partial charge in [-0.25, -0.2) is 0 Å². The highest BCUT2D eigenvalue weighted by Gasteiger charge is 2.33. The minimum atomic E-state index is 0.0781. The zero-order chi connectivity index (χ0) is 44.2. The number of fused-ring (bicyclic) bond motifs is 6. The maximum absolute atomic E-state index is 2.58. The molecule has 0 bridgehead atoms. The normalized spacial score (nSPS) is 12.1. The SMILES string of the molecule is Cc1cc(C)c(B(c2ccc3c(c2)Sc2cccc4c2c-3cc2c3ccccc3c(B(c3c(C)cc(C)cc3C)c3c(C)cc(C)cc3C)cc42)c2c(C)cc(C)cc2C)c(C)c1. The molecule has 1 heterocycles. The lowest BCUT2D eigenvalue weighted by molar-refractivity contribution is 1.33. The average Bonchev–Trinajstić information content (AvgIpc) is 3.21. The van der Waals surface area contributed by atoms with Gasteiger partial charge in [0.1, 0.15) is 0 Å². The zero-order valence-electron chi connectivity index (χ0n) is 39.1. The van der Waals surface area contributed by atoms with Crippen LogP contribution in [0.2, 0.25) is 0 Å². The van der Waals surface area contributed by atoms with Crippen LogP contribution in [0.4, 0.5) is 0 Å². The van der Waals surface area contributed by atoms with Gasteiger partial charge < -0.3 is 0 Å². The maximum atomic E-state index is 2.58. The quantitative estimate of drug-likeness (QED) is 0.119. The summed E-state index contributed by atoms with van der Waals surface area (Å²) in [4.78, 5) is 2.66. The van der Waals surface area contributed by atoms with Gasteiger partial charge in [0.2, 0.25) is 13.4 Å². The second-order valence-electron chi connectivity index (χ2n) is 19.2. The molecule has 63 heavy (non-hydrogen) atoms. The summed E-state index contributed by atoms with van der Waals surface area (Å²) in [5.74, 6) is 0. The Bertz CT molecular complexity index is 3200. The van der Waals surface area contributed by atoms with E-state index in [9.17, 15) is 0 Å². The van der Waals surface area contributed by atoms with Crippen LogP contribution in [-0.4, -0.2) is 13.4 Å². The van der Waals surface area contributed by atoms with Gasteiger partial charge in [0, 0.05) is 15.2 Å². The Morgan fingerprint density at radius 1 is 0.317 bits per heavy atom. The van der Waals surface area contributed by atoms with E-state index in [4.69, 9.17) is 0 Å². The van der Waals surface area contributed by atoms with Crippen LogP contribution in [0.15, 0.2) is 131 Å². The number of rotatable bonds is 6. The number of hydrogen-bond donors (Lipinski definition) is 0. The highest BCUT2D eigenvalue weighted by Crippen LogP contribution is 2.50. The molecule has 0 N–H and O–H groups in total. The monoisotopic (exact) mass is 830 g/mol. The second kappa shape index (κ2) is 15.5. The minimum Gasteiger partial charge on any atom is -0.0888 e. The van der Waals surface area contributed by atoms with Crippen molar-refractivity contribution in [2.75, 3.05) is 0 Å². The summed E-state index contributed by atoms with van der Waals surface area (Å²) in [5.41, 5.74) is 27.2. The van der Waals surface area contributed by atoms with Gasteiger partial charge in [-0.15, -0.1) is 0 Å². The average molecular weight is 831 g/mol. The lowest BCUT2D eigenvalue weighted by Gasteiger charge is -2.28. The van der Waals surface area contributed by atoms with Gasteiger partial charge in [-0.2, -0.15) is 0 Å². The maximum Gasteiger partial charge on any atom is 0.243 e. The van der Waals surface area contributed by atoms with Crippen molar-refractivity contribution in [1.82, 2.24) is 0 Å². The largest absolute Gasteiger partial charge is 0.243 e. The van der Waals surface area contributed by atoms with Gasteiger partial charge in [0.25, 0.3) is 0 Å². The Morgan fingerprint density at radius 3 is 1.24 bits per heavy atom. The van der Waals surface area contributed by atoms with Crippen LogP contribution in [-0.2, 0) is 0 Å². The minimum absolute atomic E-state index is 0.0781. The summed E-state index contributed by atoms with van der Waals surface area (Å²) in [7, 11) is 0. The first kappa shape index (κ1) is 41.3. The highest BCUT2D eigenvalue weighted by atomic mass is 32.2. The molecule has 308 valence electrons. The Balaban J connectivity index is 1.23.